The molecule has 0 aliphatic rings. The van der Waals surface area contributed by atoms with Gasteiger partial charge in [-0.05, 0) is 36.4 Å². The largest absolute Gasteiger partial charge is 0.573 e. The quantitative estimate of drug-likeness (QED) is 0.587. The molecule has 2 aromatic carbocycles. The van der Waals surface area contributed by atoms with E-state index in [1.807, 2.05) is 0 Å². The number of methoxy groups -OCH3 is 1. The van der Waals surface area contributed by atoms with Crippen molar-refractivity contribution < 1.29 is 35.9 Å². The molecule has 170 valence electrons. The van der Waals surface area contributed by atoms with Crippen molar-refractivity contribution in [1.82, 2.24) is 9.66 Å². The van der Waals surface area contributed by atoms with Crippen LogP contribution in [0.25, 0.3) is 10.9 Å². The van der Waals surface area contributed by atoms with E-state index in [4.69, 9.17) is 4.74 Å². The summed E-state index contributed by atoms with van der Waals surface area (Å²) in [5.74, 6) is -1.69. The van der Waals surface area contributed by atoms with Crippen molar-refractivity contribution in [3.05, 3.63) is 58.6 Å². The maximum Gasteiger partial charge on any atom is 0.573 e. The van der Waals surface area contributed by atoms with Gasteiger partial charge in [-0.2, -0.15) is 0 Å². The van der Waals surface area contributed by atoms with Crippen LogP contribution in [-0.2, 0) is 9.84 Å². The van der Waals surface area contributed by atoms with Crippen LogP contribution in [0.1, 0.15) is 17.3 Å². The average molecular weight is 471 g/mol. The number of sulfone groups is 1. The second-order valence-electron chi connectivity index (χ2n) is 6.35. The molecule has 0 aliphatic carbocycles. The van der Waals surface area contributed by atoms with Crippen molar-refractivity contribution in [3.63, 3.8) is 0 Å². The normalized spacial score (nSPS) is 11.9. The highest BCUT2D eigenvalue weighted by Gasteiger charge is 2.31. The number of hydrogen-bond acceptors (Lipinski definition) is 7. The maximum absolute atomic E-state index is 12.8. The van der Waals surface area contributed by atoms with E-state index in [2.05, 4.69) is 15.1 Å². The molecular weight excluding hydrogens is 455 g/mol. The van der Waals surface area contributed by atoms with Gasteiger partial charge in [0.1, 0.15) is 17.8 Å². The van der Waals surface area contributed by atoms with Crippen LogP contribution < -0.4 is 20.5 Å². The fraction of sp³-hybridized carbons (Fsp3) is 0.211. The van der Waals surface area contributed by atoms with E-state index in [1.165, 1.54) is 32.2 Å². The van der Waals surface area contributed by atoms with Gasteiger partial charge in [0.25, 0.3) is 11.5 Å². The molecule has 1 heterocycles. The molecule has 0 fully saturated rings. The molecule has 1 amide bonds. The van der Waals surface area contributed by atoms with Crippen LogP contribution in [-0.4, -0.2) is 43.2 Å². The SMILES string of the molecule is CCS(=O)(=O)c1ccc(OC)cc1C(=O)Nn1cnc2ccc(OC(F)(F)F)cc2c1=O. The molecule has 0 aliphatic heterocycles. The number of nitrogens with zero attached hydrogens (tertiary/aromatic N) is 2. The van der Waals surface area contributed by atoms with Gasteiger partial charge in [-0.1, -0.05) is 6.92 Å². The second-order valence-corrected chi connectivity index (χ2v) is 8.60. The van der Waals surface area contributed by atoms with Crippen LogP contribution in [0.3, 0.4) is 0 Å². The summed E-state index contributed by atoms with van der Waals surface area (Å²) in [7, 11) is -2.48. The summed E-state index contributed by atoms with van der Waals surface area (Å²) in [5, 5.41) is -0.262. The molecule has 0 radical (unpaired) electrons. The summed E-state index contributed by atoms with van der Waals surface area (Å²) >= 11 is 0. The van der Waals surface area contributed by atoms with Gasteiger partial charge in [-0.15, -0.1) is 13.2 Å². The lowest BCUT2D eigenvalue weighted by atomic mass is 10.2. The summed E-state index contributed by atoms with van der Waals surface area (Å²) in [6.07, 6.45) is -4.02. The number of aromatic nitrogens is 2. The third kappa shape index (κ3) is 4.82. The maximum atomic E-state index is 12.8. The molecule has 3 aromatic rings. The van der Waals surface area contributed by atoms with E-state index < -0.39 is 33.4 Å². The first-order chi connectivity index (χ1) is 14.9. The van der Waals surface area contributed by atoms with Gasteiger partial charge < -0.3 is 9.47 Å². The van der Waals surface area contributed by atoms with Crippen molar-refractivity contribution in [2.24, 2.45) is 0 Å². The summed E-state index contributed by atoms with van der Waals surface area (Å²) in [6, 6.07) is 6.73. The number of halogens is 3. The monoisotopic (exact) mass is 471 g/mol. The molecule has 1 aromatic heterocycles. The van der Waals surface area contributed by atoms with Crippen LogP contribution in [0.4, 0.5) is 13.2 Å². The Morgan fingerprint density at radius 1 is 1.16 bits per heavy atom. The summed E-state index contributed by atoms with van der Waals surface area (Å²) in [5.41, 5.74) is 1.07. The Morgan fingerprint density at radius 3 is 2.47 bits per heavy atom. The number of fused-ring (bicyclic) bond motifs is 1. The lowest BCUT2D eigenvalue weighted by Crippen LogP contribution is -2.34. The standard InChI is InChI=1S/C19H16F3N3O6S/c1-3-32(28,29)16-7-5-11(30-2)8-14(16)17(26)24-25-10-23-15-6-4-12(31-19(20,21)22)9-13(15)18(25)27/h4-10H,3H2,1-2H3,(H,24,26). The molecule has 0 bridgehead atoms. The molecule has 0 saturated carbocycles. The Kier molecular flexibility index (Phi) is 6.12. The van der Waals surface area contributed by atoms with Gasteiger partial charge in [0.05, 0.1) is 34.2 Å². The summed E-state index contributed by atoms with van der Waals surface area (Å²) < 4.78 is 71.6. The zero-order valence-corrected chi connectivity index (χ0v) is 17.5. The minimum atomic E-state index is -4.96. The summed E-state index contributed by atoms with van der Waals surface area (Å²) in [6.45, 7) is 1.40. The van der Waals surface area contributed by atoms with Gasteiger partial charge in [0, 0.05) is 0 Å². The average Bonchev–Trinajstić information content (AvgIpc) is 2.74. The molecule has 3 rings (SSSR count). The van der Waals surface area contributed by atoms with Gasteiger partial charge in [0.2, 0.25) is 0 Å². The fourth-order valence-corrected chi connectivity index (χ4v) is 3.86. The number of benzene rings is 2. The molecular formula is C19H16F3N3O6S. The van der Waals surface area contributed by atoms with Crippen LogP contribution in [0.15, 0.2) is 52.4 Å². The zero-order valence-electron chi connectivity index (χ0n) is 16.6. The number of carbonyl (C=O) groups excluding carboxylic acids is 1. The smallest absolute Gasteiger partial charge is 0.497 e. The van der Waals surface area contributed by atoms with Crippen LogP contribution in [0, 0.1) is 0 Å². The molecule has 1 N–H and O–H groups in total. The first kappa shape index (κ1) is 23.1. The lowest BCUT2D eigenvalue weighted by Gasteiger charge is -2.13. The van der Waals surface area contributed by atoms with Gasteiger partial charge >= 0.3 is 6.36 Å². The second kappa shape index (κ2) is 8.49. The molecule has 0 atom stereocenters. The Bertz CT molecular complexity index is 1350. The van der Waals surface area contributed by atoms with Gasteiger partial charge in [0.15, 0.2) is 9.84 Å². The highest BCUT2D eigenvalue weighted by molar-refractivity contribution is 7.91. The predicted octanol–water partition coefficient (Wildman–Crippen LogP) is 2.48. The van der Waals surface area contributed by atoms with Crippen LogP contribution in [0.5, 0.6) is 11.5 Å². The highest BCUT2D eigenvalue weighted by atomic mass is 32.2. The number of hydrogen-bond donors (Lipinski definition) is 1. The third-order valence-corrected chi connectivity index (χ3v) is 6.12. The Hall–Kier alpha value is -3.61. The number of alkyl halides is 3. The van der Waals surface area contributed by atoms with Crippen molar-refractivity contribution >= 4 is 26.6 Å². The lowest BCUT2D eigenvalue weighted by molar-refractivity contribution is -0.274. The minimum Gasteiger partial charge on any atom is -0.497 e. The molecule has 9 nitrogen and oxygen atoms in total. The number of carbonyl (C=O) groups is 1. The van der Waals surface area contributed by atoms with Crippen molar-refractivity contribution in [1.29, 1.82) is 0 Å². The highest BCUT2D eigenvalue weighted by Crippen LogP contribution is 2.25. The Morgan fingerprint density at radius 2 is 1.84 bits per heavy atom. The first-order valence-electron chi connectivity index (χ1n) is 8.94. The number of rotatable bonds is 6. The topological polar surface area (TPSA) is 117 Å². The minimum absolute atomic E-state index is 0.0608. The van der Waals surface area contributed by atoms with E-state index >= 15 is 0 Å². The number of nitrogens with one attached hydrogen (secondary N) is 1. The van der Waals surface area contributed by atoms with Crippen molar-refractivity contribution in [2.45, 2.75) is 18.2 Å². The Labute approximate surface area is 179 Å². The van der Waals surface area contributed by atoms with Gasteiger partial charge in [-0.3, -0.25) is 15.0 Å². The van der Waals surface area contributed by atoms with Crippen molar-refractivity contribution in [2.75, 3.05) is 18.3 Å². The van der Waals surface area contributed by atoms with E-state index in [-0.39, 0.29) is 32.9 Å². The first-order valence-corrected chi connectivity index (χ1v) is 10.6. The summed E-state index contributed by atoms with van der Waals surface area (Å²) in [4.78, 5) is 29.2. The van der Waals surface area contributed by atoms with E-state index in [0.29, 0.717) is 4.68 Å². The van der Waals surface area contributed by atoms with Crippen LogP contribution >= 0.6 is 0 Å². The fourth-order valence-electron chi connectivity index (χ4n) is 2.79. The zero-order chi connectivity index (χ0) is 23.7. The number of amides is 1. The molecule has 0 saturated heterocycles. The molecule has 32 heavy (non-hydrogen) atoms. The Balaban J connectivity index is 2.04. The number of ether oxygens (including phenoxy) is 2. The van der Waals surface area contributed by atoms with E-state index in [9.17, 15) is 31.2 Å². The van der Waals surface area contributed by atoms with Gasteiger partial charge in [-0.25, -0.2) is 18.1 Å². The van der Waals surface area contributed by atoms with Crippen molar-refractivity contribution in [3.8, 4) is 11.5 Å². The third-order valence-electron chi connectivity index (χ3n) is 4.33. The molecule has 13 heteroatoms. The van der Waals surface area contributed by atoms with E-state index in [0.717, 1.165) is 24.5 Å². The predicted molar refractivity (Wildman–Crippen MR) is 107 cm³/mol. The molecule has 0 spiro atoms. The van der Waals surface area contributed by atoms with E-state index in [1.54, 1.807) is 0 Å². The van der Waals surface area contributed by atoms with Crippen LogP contribution in [0.2, 0.25) is 0 Å². The molecule has 0 unspecified atom stereocenters.